The van der Waals surface area contributed by atoms with E-state index in [9.17, 15) is 4.79 Å². The molecule has 0 aromatic heterocycles. The molecule has 0 aromatic rings. The van der Waals surface area contributed by atoms with E-state index in [4.69, 9.17) is 4.74 Å². The first kappa shape index (κ1) is 10.7. The molecular weight excluding hydrogens is 156 g/mol. The van der Waals surface area contributed by atoms with Gasteiger partial charge in [0.2, 0.25) is 0 Å². The first-order chi connectivity index (χ1) is 4.67. The molecule has 0 unspecified atom stereocenters. The van der Waals surface area contributed by atoms with Crippen molar-refractivity contribution in [1.82, 2.24) is 0 Å². The van der Waals surface area contributed by atoms with Crippen molar-refractivity contribution in [2.24, 2.45) is 0 Å². The van der Waals surface area contributed by atoms with E-state index in [0.717, 1.165) is 0 Å². The van der Waals surface area contributed by atoms with Gasteiger partial charge in [-0.05, 0) is 13.8 Å². The molecule has 0 saturated carbocycles. The van der Waals surface area contributed by atoms with Gasteiger partial charge in [0.25, 0.3) is 0 Å². The second kappa shape index (κ2) is 2.97. The van der Waals surface area contributed by atoms with Crippen molar-refractivity contribution in [3.8, 4) is 0 Å². The normalized spacial score (nSPS) is 12.9. The zero-order chi connectivity index (χ0) is 9.28. The van der Waals surface area contributed by atoms with Gasteiger partial charge >= 0.3 is 5.97 Å². The zero-order valence-electron chi connectivity index (χ0n) is 8.32. The lowest BCUT2D eigenvalue weighted by Crippen LogP contribution is -2.50. The van der Waals surface area contributed by atoms with E-state index in [1.54, 1.807) is 0 Å². The van der Waals surface area contributed by atoms with Crippen molar-refractivity contribution in [2.75, 3.05) is 0 Å². The van der Waals surface area contributed by atoms with E-state index in [-0.39, 0.29) is 11.2 Å². The van der Waals surface area contributed by atoms with Gasteiger partial charge in [-0.15, -0.1) is 0 Å². The molecule has 0 saturated heterocycles. The molecule has 0 heterocycles. The number of rotatable bonds is 2. The van der Waals surface area contributed by atoms with Crippen molar-refractivity contribution < 1.29 is 9.53 Å². The summed E-state index contributed by atoms with van der Waals surface area (Å²) in [4.78, 5) is 10.7. The Hall–Kier alpha value is -0.313. The van der Waals surface area contributed by atoms with Crippen molar-refractivity contribution in [3.05, 3.63) is 0 Å². The lowest BCUT2D eigenvalue weighted by atomic mass is 10.4. The lowest BCUT2D eigenvalue weighted by molar-refractivity contribution is -0.148. The molecular formula is C8H18O2Si. The van der Waals surface area contributed by atoms with E-state index >= 15 is 0 Å². The average molecular weight is 174 g/mol. The summed E-state index contributed by atoms with van der Waals surface area (Å²) in [6.07, 6.45) is 0. The van der Waals surface area contributed by atoms with E-state index < -0.39 is 8.07 Å². The van der Waals surface area contributed by atoms with Crippen LogP contribution in [0.2, 0.25) is 19.6 Å². The highest BCUT2D eigenvalue weighted by Gasteiger charge is 2.37. The monoisotopic (exact) mass is 174 g/mol. The molecule has 2 nitrogen and oxygen atoms in total. The summed E-state index contributed by atoms with van der Waals surface area (Å²) in [6, 6.07) is 0. The minimum atomic E-state index is -1.39. The first-order valence-electron chi connectivity index (χ1n) is 3.86. The Kier molecular flexibility index (Phi) is 2.89. The van der Waals surface area contributed by atoms with Crippen molar-refractivity contribution >= 4 is 14.0 Å². The summed E-state index contributed by atoms with van der Waals surface area (Å²) in [5, 5.41) is -0.251. The summed E-state index contributed by atoms with van der Waals surface area (Å²) >= 11 is 0. The van der Waals surface area contributed by atoms with E-state index in [2.05, 4.69) is 19.6 Å². The highest BCUT2D eigenvalue weighted by molar-refractivity contribution is 6.78. The van der Waals surface area contributed by atoms with E-state index in [1.807, 2.05) is 13.8 Å². The molecule has 11 heavy (non-hydrogen) atoms. The molecule has 0 bridgehead atoms. The number of hydrogen-bond donors (Lipinski definition) is 0. The van der Waals surface area contributed by atoms with Gasteiger partial charge in [0.05, 0.1) is 13.3 Å². The fourth-order valence-electron chi connectivity index (χ4n) is 0.512. The largest absolute Gasteiger partial charge is 0.464 e. The number of ether oxygens (including phenoxy) is 1. The topological polar surface area (TPSA) is 26.3 Å². The van der Waals surface area contributed by atoms with Gasteiger partial charge in [-0.25, -0.2) is 0 Å². The van der Waals surface area contributed by atoms with Crippen LogP contribution in [0.15, 0.2) is 0 Å². The molecule has 0 radical (unpaired) electrons. The Bertz CT molecular complexity index is 156. The van der Waals surface area contributed by atoms with Gasteiger partial charge in [0, 0.05) is 6.92 Å². The van der Waals surface area contributed by atoms with Gasteiger partial charge in [-0.3, -0.25) is 4.79 Å². The summed E-state index contributed by atoms with van der Waals surface area (Å²) in [7, 11) is -1.39. The van der Waals surface area contributed by atoms with Crippen LogP contribution in [0.3, 0.4) is 0 Å². The maximum atomic E-state index is 10.7. The summed E-state index contributed by atoms with van der Waals surface area (Å²) < 4.78 is 5.22. The quantitative estimate of drug-likeness (QED) is 0.474. The Morgan fingerprint density at radius 2 is 1.64 bits per heavy atom. The fraction of sp³-hybridized carbons (Fsp3) is 0.875. The SMILES string of the molecule is CC(=O)OC(C)(C)[Si](C)(C)C. The van der Waals surface area contributed by atoms with Crippen LogP contribution in [0.5, 0.6) is 0 Å². The fourth-order valence-corrected chi connectivity index (χ4v) is 0.962. The smallest absolute Gasteiger partial charge is 0.302 e. The third-order valence-corrected chi connectivity index (χ3v) is 5.92. The minimum Gasteiger partial charge on any atom is -0.464 e. The second-order valence-electron chi connectivity index (χ2n) is 4.35. The Labute approximate surface area is 69.9 Å². The molecule has 66 valence electrons. The predicted octanol–water partition coefficient (Wildman–Crippen LogP) is 2.21. The molecule has 3 heteroatoms. The van der Waals surface area contributed by atoms with Gasteiger partial charge < -0.3 is 4.74 Å². The maximum Gasteiger partial charge on any atom is 0.302 e. The molecule has 0 aliphatic rings. The average Bonchev–Trinajstić information content (AvgIpc) is 1.56. The van der Waals surface area contributed by atoms with Crippen LogP contribution in [-0.4, -0.2) is 19.3 Å². The molecule has 0 aliphatic carbocycles. The number of carbonyl (C=O) groups excluding carboxylic acids is 1. The van der Waals surface area contributed by atoms with E-state index in [0.29, 0.717) is 0 Å². The van der Waals surface area contributed by atoms with Crippen LogP contribution in [0.1, 0.15) is 20.8 Å². The van der Waals surface area contributed by atoms with Crippen LogP contribution in [0.4, 0.5) is 0 Å². The maximum absolute atomic E-state index is 10.7. The number of esters is 1. The second-order valence-corrected chi connectivity index (χ2v) is 10.1. The lowest BCUT2D eigenvalue weighted by Gasteiger charge is -2.36. The molecule has 0 spiro atoms. The Morgan fingerprint density at radius 1 is 1.27 bits per heavy atom. The Morgan fingerprint density at radius 3 is 1.73 bits per heavy atom. The van der Waals surface area contributed by atoms with Gasteiger partial charge in [0.1, 0.15) is 0 Å². The van der Waals surface area contributed by atoms with Gasteiger partial charge in [0.15, 0.2) is 0 Å². The third kappa shape index (κ3) is 3.06. The molecule has 0 fully saturated rings. The van der Waals surface area contributed by atoms with Crippen molar-refractivity contribution in [3.63, 3.8) is 0 Å². The number of hydrogen-bond acceptors (Lipinski definition) is 2. The highest BCUT2D eigenvalue weighted by atomic mass is 28.3. The summed E-state index contributed by atoms with van der Waals surface area (Å²) in [5.41, 5.74) is 0. The highest BCUT2D eigenvalue weighted by Crippen LogP contribution is 2.23. The van der Waals surface area contributed by atoms with Crippen molar-refractivity contribution in [1.29, 1.82) is 0 Å². The van der Waals surface area contributed by atoms with Crippen LogP contribution in [-0.2, 0) is 9.53 Å². The van der Waals surface area contributed by atoms with E-state index in [1.165, 1.54) is 6.92 Å². The van der Waals surface area contributed by atoms with Gasteiger partial charge in [-0.1, -0.05) is 19.6 Å². The van der Waals surface area contributed by atoms with Crippen LogP contribution in [0.25, 0.3) is 0 Å². The Balaban J connectivity index is 4.34. The molecule has 0 amide bonds. The van der Waals surface area contributed by atoms with Crippen molar-refractivity contribution in [2.45, 2.75) is 45.6 Å². The minimum absolute atomic E-state index is 0.183. The number of carbonyl (C=O) groups is 1. The van der Waals surface area contributed by atoms with Crippen LogP contribution in [0, 0.1) is 0 Å². The molecule has 0 aromatic carbocycles. The predicted molar refractivity (Wildman–Crippen MR) is 49.2 cm³/mol. The molecule has 0 atom stereocenters. The first-order valence-corrected chi connectivity index (χ1v) is 7.36. The standard InChI is InChI=1S/C8H18O2Si/c1-7(9)10-8(2,3)11(4,5)6/h1-6H3. The van der Waals surface area contributed by atoms with Gasteiger partial charge in [-0.2, -0.15) is 0 Å². The molecule has 0 aliphatic heterocycles. The molecule has 0 rings (SSSR count). The molecule has 0 N–H and O–H groups in total. The summed E-state index contributed by atoms with van der Waals surface area (Å²) in [6.45, 7) is 12.0. The van der Waals surface area contributed by atoms with Crippen LogP contribution >= 0.6 is 0 Å². The summed E-state index contributed by atoms with van der Waals surface area (Å²) in [5.74, 6) is -0.183. The van der Waals surface area contributed by atoms with Crippen LogP contribution < -0.4 is 0 Å². The third-order valence-electron chi connectivity index (χ3n) is 2.21. The zero-order valence-corrected chi connectivity index (χ0v) is 9.32.